The van der Waals surface area contributed by atoms with Gasteiger partial charge in [-0.25, -0.2) is 0 Å². The van der Waals surface area contributed by atoms with Gasteiger partial charge in [0.25, 0.3) is 0 Å². The summed E-state index contributed by atoms with van der Waals surface area (Å²) >= 11 is 0. The molecule has 4 atom stereocenters. The van der Waals surface area contributed by atoms with Crippen LogP contribution in [0.4, 0.5) is 0 Å². The van der Waals surface area contributed by atoms with Crippen molar-refractivity contribution in [1.82, 2.24) is 4.90 Å². The first-order valence-electron chi connectivity index (χ1n) is 9.20. The van der Waals surface area contributed by atoms with Crippen LogP contribution in [0, 0.1) is 19.8 Å². The van der Waals surface area contributed by atoms with Gasteiger partial charge in [0.2, 0.25) is 5.91 Å². The summed E-state index contributed by atoms with van der Waals surface area (Å²) in [5, 5.41) is 0. The minimum atomic E-state index is -0.0256. The Balaban J connectivity index is 0.00000225. The number of ether oxygens (including phenoxy) is 1. The molecule has 0 aromatic heterocycles. The Morgan fingerprint density at radius 3 is 2.76 bits per heavy atom. The van der Waals surface area contributed by atoms with Crippen LogP contribution in [0.2, 0.25) is 0 Å². The SMILES string of the molecule is Cc1ccc(C)c(C2CN(C(=O)C3CCCC(N)C3)C(C)CO2)c1.Cl. The number of benzene rings is 1. The summed E-state index contributed by atoms with van der Waals surface area (Å²) in [5.74, 6) is 0.366. The van der Waals surface area contributed by atoms with E-state index >= 15 is 0 Å². The summed E-state index contributed by atoms with van der Waals surface area (Å²) < 4.78 is 6.08. The molecule has 0 spiro atoms. The van der Waals surface area contributed by atoms with E-state index < -0.39 is 0 Å². The molecule has 1 aliphatic carbocycles. The third kappa shape index (κ3) is 4.55. The Morgan fingerprint density at radius 1 is 1.28 bits per heavy atom. The summed E-state index contributed by atoms with van der Waals surface area (Å²) in [4.78, 5) is 15.1. The predicted molar refractivity (Wildman–Crippen MR) is 103 cm³/mol. The maximum Gasteiger partial charge on any atom is 0.226 e. The standard InChI is InChI=1S/C20H30N2O2.ClH/c1-13-7-8-14(2)18(9-13)19-11-22(15(3)12-24-19)20(23)16-5-4-6-17(21)10-16;/h7-9,15-17,19H,4-6,10-12,21H2,1-3H3;1H. The molecule has 1 saturated heterocycles. The third-order valence-corrected chi connectivity index (χ3v) is 5.56. The number of aryl methyl sites for hydroxylation is 2. The summed E-state index contributed by atoms with van der Waals surface area (Å²) in [6, 6.07) is 6.76. The molecule has 1 heterocycles. The lowest BCUT2D eigenvalue weighted by Crippen LogP contribution is -2.51. The second kappa shape index (κ2) is 8.52. The fourth-order valence-corrected chi connectivity index (χ4v) is 4.05. The normalized spacial score (nSPS) is 29.8. The molecule has 1 saturated carbocycles. The van der Waals surface area contributed by atoms with Crippen LogP contribution in [0.15, 0.2) is 18.2 Å². The molecular weight excluding hydrogens is 336 g/mol. The molecule has 1 amide bonds. The second-order valence-corrected chi connectivity index (χ2v) is 7.65. The van der Waals surface area contributed by atoms with Crippen molar-refractivity contribution in [2.75, 3.05) is 13.2 Å². The third-order valence-electron chi connectivity index (χ3n) is 5.56. The lowest BCUT2D eigenvalue weighted by molar-refractivity contribution is -0.150. The maximum absolute atomic E-state index is 13.1. The first kappa shape index (κ1) is 20.2. The van der Waals surface area contributed by atoms with Crippen molar-refractivity contribution >= 4 is 18.3 Å². The van der Waals surface area contributed by atoms with Gasteiger partial charge in [0.1, 0.15) is 6.10 Å². The van der Waals surface area contributed by atoms with Crippen molar-refractivity contribution in [3.63, 3.8) is 0 Å². The molecule has 2 fully saturated rings. The van der Waals surface area contributed by atoms with Crippen molar-refractivity contribution in [1.29, 1.82) is 0 Å². The van der Waals surface area contributed by atoms with E-state index in [-0.39, 0.29) is 42.4 Å². The van der Waals surface area contributed by atoms with E-state index in [1.54, 1.807) is 0 Å². The molecule has 25 heavy (non-hydrogen) atoms. The van der Waals surface area contributed by atoms with Crippen molar-refractivity contribution < 1.29 is 9.53 Å². The fourth-order valence-electron chi connectivity index (χ4n) is 4.05. The highest BCUT2D eigenvalue weighted by atomic mass is 35.5. The number of amides is 1. The van der Waals surface area contributed by atoms with Crippen molar-refractivity contribution in [3.05, 3.63) is 34.9 Å². The zero-order valence-electron chi connectivity index (χ0n) is 15.5. The summed E-state index contributed by atoms with van der Waals surface area (Å²) in [5.41, 5.74) is 9.75. The summed E-state index contributed by atoms with van der Waals surface area (Å²) in [6.45, 7) is 7.54. The second-order valence-electron chi connectivity index (χ2n) is 7.65. The van der Waals surface area contributed by atoms with Crippen LogP contribution in [0.3, 0.4) is 0 Å². The van der Waals surface area contributed by atoms with Crippen LogP contribution < -0.4 is 5.73 Å². The summed E-state index contributed by atoms with van der Waals surface area (Å²) in [6.07, 6.45) is 3.90. The minimum Gasteiger partial charge on any atom is -0.370 e. The number of carbonyl (C=O) groups is 1. The quantitative estimate of drug-likeness (QED) is 0.871. The van der Waals surface area contributed by atoms with Gasteiger partial charge in [0.15, 0.2) is 0 Å². The van der Waals surface area contributed by atoms with Crippen LogP contribution in [-0.2, 0) is 9.53 Å². The van der Waals surface area contributed by atoms with Gasteiger partial charge in [0.05, 0.1) is 19.2 Å². The van der Waals surface area contributed by atoms with Crippen molar-refractivity contribution in [2.45, 2.75) is 64.6 Å². The number of rotatable bonds is 2. The van der Waals surface area contributed by atoms with E-state index in [2.05, 4.69) is 39.0 Å². The molecule has 1 aromatic rings. The molecule has 2 aliphatic rings. The number of halogens is 1. The Labute approximate surface area is 157 Å². The van der Waals surface area contributed by atoms with Gasteiger partial charge in [-0.05, 0) is 51.2 Å². The molecule has 2 N–H and O–H groups in total. The van der Waals surface area contributed by atoms with E-state index in [0.717, 1.165) is 25.7 Å². The van der Waals surface area contributed by atoms with Crippen LogP contribution in [0.25, 0.3) is 0 Å². The highest BCUT2D eigenvalue weighted by molar-refractivity contribution is 5.85. The van der Waals surface area contributed by atoms with E-state index in [1.807, 2.05) is 4.90 Å². The number of hydrogen-bond donors (Lipinski definition) is 1. The summed E-state index contributed by atoms with van der Waals surface area (Å²) in [7, 11) is 0. The maximum atomic E-state index is 13.1. The molecule has 140 valence electrons. The Kier molecular flexibility index (Phi) is 6.89. The topological polar surface area (TPSA) is 55.6 Å². The lowest BCUT2D eigenvalue weighted by atomic mass is 9.84. The van der Waals surface area contributed by atoms with Gasteiger partial charge in [-0.3, -0.25) is 4.79 Å². The van der Waals surface area contributed by atoms with Gasteiger partial charge in [0, 0.05) is 12.0 Å². The molecule has 0 radical (unpaired) electrons. The predicted octanol–water partition coefficient (Wildman–Crippen LogP) is 3.53. The monoisotopic (exact) mass is 366 g/mol. The van der Waals surface area contributed by atoms with E-state index in [9.17, 15) is 4.79 Å². The van der Waals surface area contributed by atoms with Crippen molar-refractivity contribution in [3.8, 4) is 0 Å². The molecule has 0 bridgehead atoms. The Hall–Kier alpha value is -1.10. The molecule has 3 rings (SSSR count). The van der Waals surface area contributed by atoms with Gasteiger partial charge in [-0.2, -0.15) is 0 Å². The molecule has 4 nitrogen and oxygen atoms in total. The van der Waals surface area contributed by atoms with Gasteiger partial charge >= 0.3 is 0 Å². The average molecular weight is 367 g/mol. The average Bonchev–Trinajstić information content (AvgIpc) is 2.57. The molecule has 1 aliphatic heterocycles. The fraction of sp³-hybridized carbons (Fsp3) is 0.650. The van der Waals surface area contributed by atoms with E-state index in [4.69, 9.17) is 10.5 Å². The van der Waals surface area contributed by atoms with E-state index in [1.165, 1.54) is 16.7 Å². The number of nitrogens with two attached hydrogens (primary N) is 1. The van der Waals surface area contributed by atoms with Gasteiger partial charge in [-0.1, -0.05) is 30.2 Å². The van der Waals surface area contributed by atoms with Crippen molar-refractivity contribution in [2.24, 2.45) is 11.7 Å². The minimum absolute atomic E-state index is 0. The van der Waals surface area contributed by atoms with Crippen LogP contribution in [-0.4, -0.2) is 36.0 Å². The Morgan fingerprint density at radius 2 is 2.04 bits per heavy atom. The largest absolute Gasteiger partial charge is 0.370 e. The molecule has 5 heteroatoms. The zero-order valence-corrected chi connectivity index (χ0v) is 16.3. The van der Waals surface area contributed by atoms with Gasteiger partial charge < -0.3 is 15.4 Å². The highest BCUT2D eigenvalue weighted by Gasteiger charge is 2.36. The van der Waals surface area contributed by atoms with Crippen LogP contribution >= 0.6 is 12.4 Å². The van der Waals surface area contributed by atoms with Crippen LogP contribution in [0.1, 0.15) is 55.4 Å². The molecule has 1 aromatic carbocycles. The highest BCUT2D eigenvalue weighted by Crippen LogP contribution is 2.31. The number of carbonyl (C=O) groups excluding carboxylic acids is 1. The Bertz CT molecular complexity index is 607. The lowest BCUT2D eigenvalue weighted by Gasteiger charge is -2.41. The first-order valence-corrected chi connectivity index (χ1v) is 9.20. The smallest absolute Gasteiger partial charge is 0.226 e. The first-order chi connectivity index (χ1) is 11.5. The van der Waals surface area contributed by atoms with Gasteiger partial charge in [-0.15, -0.1) is 12.4 Å². The zero-order chi connectivity index (χ0) is 17.3. The molecular formula is C20H31ClN2O2. The number of nitrogens with zero attached hydrogens (tertiary/aromatic N) is 1. The number of hydrogen-bond acceptors (Lipinski definition) is 3. The van der Waals surface area contributed by atoms with E-state index in [0.29, 0.717) is 13.2 Å². The molecule has 4 unspecified atom stereocenters. The number of morpholine rings is 1. The van der Waals surface area contributed by atoms with Crippen LogP contribution in [0.5, 0.6) is 0 Å².